The van der Waals surface area contributed by atoms with Crippen LogP contribution in [0, 0.1) is 0 Å². The van der Waals surface area contributed by atoms with Crippen LogP contribution in [-0.2, 0) is 9.53 Å². The normalized spacial score (nSPS) is 16.6. The number of rotatable bonds is 9. The van der Waals surface area contributed by atoms with Gasteiger partial charge < -0.3 is 25.6 Å². The molecular formula is C23H39ClN4O3. The summed E-state index contributed by atoms with van der Waals surface area (Å²) in [5, 5.41) is 3.68. The van der Waals surface area contributed by atoms with Crippen molar-refractivity contribution in [1.82, 2.24) is 15.1 Å². The zero-order chi connectivity index (χ0) is 23.8. The number of halogens is 1. The molecule has 0 radical (unpaired) electrons. The van der Waals surface area contributed by atoms with E-state index < -0.39 is 5.60 Å². The highest BCUT2D eigenvalue weighted by molar-refractivity contribution is 6.30. The molecule has 2 amide bonds. The first-order chi connectivity index (χ1) is 14.3. The molecule has 1 fully saturated rings. The van der Waals surface area contributed by atoms with E-state index in [9.17, 15) is 9.59 Å². The van der Waals surface area contributed by atoms with E-state index >= 15 is 0 Å². The van der Waals surface area contributed by atoms with Crippen LogP contribution in [0.4, 0.5) is 4.79 Å². The fraction of sp³-hybridized carbons (Fsp3) is 0.652. The van der Waals surface area contributed by atoms with Gasteiger partial charge in [0.25, 0.3) is 0 Å². The molecule has 31 heavy (non-hydrogen) atoms. The van der Waals surface area contributed by atoms with Gasteiger partial charge in [0.2, 0.25) is 5.91 Å². The molecule has 3 N–H and O–H groups in total. The minimum atomic E-state index is -0.484. The molecule has 0 spiro atoms. The van der Waals surface area contributed by atoms with Gasteiger partial charge in [0.05, 0.1) is 0 Å². The van der Waals surface area contributed by atoms with Gasteiger partial charge in [0.15, 0.2) is 0 Å². The Balaban J connectivity index is 2.79. The van der Waals surface area contributed by atoms with E-state index in [2.05, 4.69) is 37.7 Å². The molecule has 0 atom stereocenters. The van der Waals surface area contributed by atoms with Crippen molar-refractivity contribution in [3.8, 4) is 0 Å². The van der Waals surface area contributed by atoms with Crippen LogP contribution >= 0.6 is 11.6 Å². The molecular weight excluding hydrogens is 416 g/mol. The van der Waals surface area contributed by atoms with Crippen molar-refractivity contribution in [2.45, 2.75) is 65.5 Å². The number of amides is 2. The van der Waals surface area contributed by atoms with Crippen LogP contribution in [0.5, 0.6) is 0 Å². The number of allylic oxidation sites excluding steroid dienone is 3. The highest BCUT2D eigenvalue weighted by Gasteiger charge is 2.29. The molecule has 1 aliphatic rings. The number of nitrogens with two attached hydrogens (primary N) is 1. The molecule has 1 heterocycles. The van der Waals surface area contributed by atoms with Gasteiger partial charge in [0.1, 0.15) is 5.60 Å². The van der Waals surface area contributed by atoms with Gasteiger partial charge in [0, 0.05) is 56.4 Å². The van der Waals surface area contributed by atoms with Crippen LogP contribution in [0.1, 0.15) is 53.9 Å². The average molecular weight is 455 g/mol. The quantitative estimate of drug-likeness (QED) is 0.409. The zero-order valence-electron chi connectivity index (χ0n) is 19.9. The van der Waals surface area contributed by atoms with Crippen LogP contribution in [0.2, 0.25) is 0 Å². The van der Waals surface area contributed by atoms with Gasteiger partial charge >= 0.3 is 6.09 Å². The second-order valence-corrected chi connectivity index (χ2v) is 9.51. The first-order valence-corrected chi connectivity index (χ1v) is 11.1. The van der Waals surface area contributed by atoms with Gasteiger partial charge in [-0.3, -0.25) is 4.79 Å². The SMILES string of the molecule is C=C(Cl)C=C(CNCCC(N)=O)C(C)=C(C)N(C)C1CCN(C(=O)OC(C)(C)C)CC1. The lowest BCUT2D eigenvalue weighted by Gasteiger charge is -2.39. The summed E-state index contributed by atoms with van der Waals surface area (Å²) in [6.45, 7) is 16.0. The Morgan fingerprint density at radius 2 is 1.87 bits per heavy atom. The predicted octanol–water partition coefficient (Wildman–Crippen LogP) is 3.76. The number of ether oxygens (including phenoxy) is 1. The molecule has 0 aromatic heterocycles. The minimum Gasteiger partial charge on any atom is -0.444 e. The summed E-state index contributed by atoms with van der Waals surface area (Å²) >= 11 is 6.05. The lowest BCUT2D eigenvalue weighted by molar-refractivity contribution is -0.117. The fourth-order valence-electron chi connectivity index (χ4n) is 3.45. The lowest BCUT2D eigenvalue weighted by atomic mass is 10.00. The maximum atomic E-state index is 12.3. The summed E-state index contributed by atoms with van der Waals surface area (Å²) < 4.78 is 5.49. The van der Waals surface area contributed by atoms with Gasteiger partial charge in [-0.2, -0.15) is 0 Å². The Morgan fingerprint density at radius 1 is 1.29 bits per heavy atom. The number of likely N-dealkylation sites (tertiary alicyclic amines) is 1. The highest BCUT2D eigenvalue weighted by atomic mass is 35.5. The molecule has 0 aromatic carbocycles. The number of nitrogens with one attached hydrogen (secondary N) is 1. The first-order valence-electron chi connectivity index (χ1n) is 10.7. The second kappa shape index (κ2) is 12.2. The van der Waals surface area contributed by atoms with Gasteiger partial charge in [-0.05, 0) is 64.7 Å². The van der Waals surface area contributed by atoms with E-state index in [1.54, 1.807) is 4.90 Å². The van der Waals surface area contributed by atoms with Crippen LogP contribution < -0.4 is 11.1 Å². The molecule has 176 valence electrons. The summed E-state index contributed by atoms with van der Waals surface area (Å²) in [5.74, 6) is -0.333. The monoisotopic (exact) mass is 454 g/mol. The molecule has 0 unspecified atom stereocenters. The maximum absolute atomic E-state index is 12.3. The maximum Gasteiger partial charge on any atom is 0.410 e. The Kier molecular flexibility index (Phi) is 10.6. The topological polar surface area (TPSA) is 87.9 Å². The van der Waals surface area contributed by atoms with Crippen molar-refractivity contribution in [2.75, 3.05) is 33.2 Å². The molecule has 0 aliphatic carbocycles. The highest BCUT2D eigenvalue weighted by Crippen LogP contribution is 2.25. The Labute approximate surface area is 192 Å². The van der Waals surface area contributed by atoms with Crippen LogP contribution in [0.3, 0.4) is 0 Å². The van der Waals surface area contributed by atoms with Gasteiger partial charge in [-0.25, -0.2) is 4.79 Å². The number of piperidine rings is 1. The summed E-state index contributed by atoms with van der Waals surface area (Å²) in [4.78, 5) is 27.3. The number of hydrogen-bond acceptors (Lipinski definition) is 5. The van der Waals surface area contributed by atoms with Crippen molar-refractivity contribution in [3.05, 3.63) is 34.5 Å². The van der Waals surface area contributed by atoms with Crippen LogP contribution in [-0.4, -0.2) is 66.7 Å². The van der Waals surface area contributed by atoms with Crippen molar-refractivity contribution >= 4 is 23.6 Å². The largest absolute Gasteiger partial charge is 0.444 e. The Bertz CT molecular complexity index is 717. The second-order valence-electron chi connectivity index (χ2n) is 9.03. The number of primary amides is 1. The van der Waals surface area contributed by atoms with E-state index in [0.717, 1.165) is 29.7 Å². The third kappa shape index (κ3) is 9.78. The van der Waals surface area contributed by atoms with Crippen molar-refractivity contribution in [2.24, 2.45) is 5.73 Å². The van der Waals surface area contributed by atoms with Crippen LogP contribution in [0.25, 0.3) is 0 Å². The Hall–Kier alpha value is -1.99. The summed E-state index contributed by atoms with van der Waals surface area (Å²) in [7, 11) is 2.08. The van der Waals surface area contributed by atoms with Crippen molar-refractivity contribution in [3.63, 3.8) is 0 Å². The average Bonchev–Trinajstić information content (AvgIpc) is 2.67. The predicted molar refractivity (Wildman–Crippen MR) is 127 cm³/mol. The van der Waals surface area contributed by atoms with E-state index in [0.29, 0.717) is 37.3 Å². The van der Waals surface area contributed by atoms with E-state index in [4.69, 9.17) is 22.1 Å². The molecule has 8 heteroatoms. The smallest absolute Gasteiger partial charge is 0.410 e. The number of carbonyl (C=O) groups excluding carboxylic acids is 2. The van der Waals surface area contributed by atoms with Crippen molar-refractivity contribution in [1.29, 1.82) is 0 Å². The van der Waals surface area contributed by atoms with Gasteiger partial charge in [-0.1, -0.05) is 18.2 Å². The van der Waals surface area contributed by atoms with E-state index in [1.165, 1.54) is 0 Å². The molecule has 0 aromatic rings. The molecule has 0 bridgehead atoms. The van der Waals surface area contributed by atoms with Crippen LogP contribution in [0.15, 0.2) is 34.5 Å². The third-order valence-corrected chi connectivity index (χ3v) is 5.52. The summed E-state index contributed by atoms with van der Waals surface area (Å²) in [5.41, 5.74) is 7.97. The number of carbonyl (C=O) groups is 2. The standard InChI is InChI=1S/C23H39ClN4O3/c1-16(24)14-19(15-26-11-8-21(25)29)17(2)18(3)27(7)20-9-12-28(13-10-20)22(30)31-23(4,5)6/h14,20,26H,1,8-13,15H2,2-7H3,(H2,25,29). The number of nitrogens with zero attached hydrogens (tertiary/aromatic N) is 2. The molecule has 1 aliphatic heterocycles. The van der Waals surface area contributed by atoms with E-state index in [-0.39, 0.29) is 18.4 Å². The molecule has 0 saturated carbocycles. The molecule has 7 nitrogen and oxygen atoms in total. The first kappa shape index (κ1) is 27.0. The molecule has 1 rings (SSSR count). The minimum absolute atomic E-state index is 0.245. The number of hydrogen-bond donors (Lipinski definition) is 2. The van der Waals surface area contributed by atoms with Crippen molar-refractivity contribution < 1.29 is 14.3 Å². The fourth-order valence-corrected chi connectivity index (χ4v) is 3.58. The van der Waals surface area contributed by atoms with Gasteiger partial charge in [-0.15, -0.1) is 0 Å². The Morgan fingerprint density at radius 3 is 2.35 bits per heavy atom. The molecule has 1 saturated heterocycles. The zero-order valence-corrected chi connectivity index (χ0v) is 20.6. The lowest BCUT2D eigenvalue weighted by Crippen LogP contribution is -2.46. The summed E-state index contributed by atoms with van der Waals surface area (Å²) in [6, 6.07) is 0.330. The van der Waals surface area contributed by atoms with E-state index in [1.807, 2.05) is 26.8 Å². The summed E-state index contributed by atoms with van der Waals surface area (Å²) in [6.07, 6.45) is 3.63. The third-order valence-electron chi connectivity index (χ3n) is 5.41.